The van der Waals surface area contributed by atoms with Gasteiger partial charge < -0.3 is 13.8 Å². The van der Waals surface area contributed by atoms with Gasteiger partial charge in [0.15, 0.2) is 0 Å². The van der Waals surface area contributed by atoms with Crippen LogP contribution >= 0.6 is 0 Å². The van der Waals surface area contributed by atoms with Crippen molar-refractivity contribution in [3.05, 3.63) is 127 Å². The fourth-order valence-electron chi connectivity index (χ4n) is 5.67. The first-order chi connectivity index (χ1) is 22.1. The summed E-state index contributed by atoms with van der Waals surface area (Å²) in [5.74, 6) is 6.43. The summed E-state index contributed by atoms with van der Waals surface area (Å²) in [4.78, 5) is 9.08. The molecule has 0 aliphatic rings. The van der Waals surface area contributed by atoms with E-state index in [9.17, 15) is 0 Å². The molecule has 0 saturated heterocycles. The van der Waals surface area contributed by atoms with Crippen molar-refractivity contribution in [2.24, 2.45) is 0 Å². The van der Waals surface area contributed by atoms with Crippen LogP contribution in [0.5, 0.6) is 0 Å². The Balaban J connectivity index is 0.000000194. The Morgan fingerprint density at radius 1 is 0.717 bits per heavy atom. The number of aromatic nitrogens is 2. The summed E-state index contributed by atoms with van der Waals surface area (Å²) in [5.41, 5.74) is 7.80. The summed E-state index contributed by atoms with van der Waals surface area (Å²) in [5, 5.41) is 4.19. The summed E-state index contributed by atoms with van der Waals surface area (Å²) in [6.07, 6.45) is 3.79. The van der Waals surface area contributed by atoms with E-state index in [-0.39, 0.29) is 20.1 Å². The molecule has 0 amide bonds. The van der Waals surface area contributed by atoms with E-state index in [1.165, 1.54) is 4.40 Å². The van der Waals surface area contributed by atoms with Gasteiger partial charge in [-0.2, -0.15) is 0 Å². The van der Waals surface area contributed by atoms with Crippen LogP contribution in [0.25, 0.3) is 66.4 Å². The summed E-state index contributed by atoms with van der Waals surface area (Å²) in [6.45, 7) is 3.75. The Kier molecular flexibility index (Phi) is 8.65. The van der Waals surface area contributed by atoms with E-state index in [0.717, 1.165) is 72.0 Å². The minimum absolute atomic E-state index is 0. The van der Waals surface area contributed by atoms with Crippen molar-refractivity contribution >= 4 is 61.5 Å². The van der Waals surface area contributed by atoms with Gasteiger partial charge in [0.1, 0.15) is 16.7 Å². The van der Waals surface area contributed by atoms with E-state index < -0.39 is 19.2 Å². The molecule has 231 valence electrons. The molecule has 4 nitrogen and oxygen atoms in total. The smallest absolute Gasteiger partial charge is 0 e. The van der Waals surface area contributed by atoms with Crippen LogP contribution in [-0.2, 0) is 20.1 Å². The molecule has 46 heavy (non-hydrogen) atoms. The first-order valence-corrected chi connectivity index (χ1v) is 22.5. The molecule has 0 aliphatic heterocycles. The number of pyridine rings is 2. The first-order valence-electron chi connectivity index (χ1n) is 15.7. The first kappa shape index (κ1) is 30.6. The van der Waals surface area contributed by atoms with Gasteiger partial charge in [-0.05, 0) is 35.9 Å². The van der Waals surface area contributed by atoms with E-state index >= 15 is 0 Å². The zero-order chi connectivity index (χ0) is 32.1. The summed E-state index contributed by atoms with van der Waals surface area (Å²) < 4.78 is 22.2. The summed E-state index contributed by atoms with van der Waals surface area (Å²) in [7, 11) is 0. The Hall–Kier alpha value is -4.03. The van der Waals surface area contributed by atoms with Crippen LogP contribution in [0.4, 0.5) is 0 Å². The molecule has 0 spiro atoms. The van der Waals surface area contributed by atoms with Crippen molar-refractivity contribution in [1.29, 1.82) is 0 Å². The van der Waals surface area contributed by atoms with Gasteiger partial charge in [0.2, 0.25) is 0 Å². The number of para-hydroxylation sites is 1. The molecular weight excluding hydrogens is 805 g/mol. The second-order valence-electron chi connectivity index (χ2n) is 12.5. The maximum atomic E-state index is 8.36. The van der Waals surface area contributed by atoms with Crippen molar-refractivity contribution in [3.8, 4) is 22.5 Å². The molecule has 4 aromatic carbocycles. The molecule has 8 rings (SSSR count). The average molecular weight is 841 g/mol. The molecule has 0 N–H and O–H groups in total. The van der Waals surface area contributed by atoms with E-state index in [1.807, 2.05) is 98.9 Å². The molecule has 0 saturated carbocycles. The van der Waals surface area contributed by atoms with Gasteiger partial charge in [-0.1, -0.05) is 54.6 Å². The molecule has 6 heteroatoms. The summed E-state index contributed by atoms with van der Waals surface area (Å²) in [6, 6.07) is 38.6. The van der Waals surface area contributed by atoms with E-state index in [0.29, 0.717) is 0 Å². The van der Waals surface area contributed by atoms with Gasteiger partial charge in [0, 0.05) is 43.8 Å². The quantitative estimate of drug-likeness (QED) is 0.131. The van der Waals surface area contributed by atoms with E-state index in [1.54, 1.807) is 6.20 Å². The third kappa shape index (κ3) is 6.07. The second kappa shape index (κ2) is 13.0. The molecule has 0 aliphatic carbocycles. The van der Waals surface area contributed by atoms with Crippen LogP contribution in [0.2, 0.25) is 17.3 Å². The zero-order valence-corrected chi connectivity index (χ0v) is 30.9. The van der Waals surface area contributed by atoms with E-state index in [2.05, 4.69) is 57.6 Å². The minimum Gasteiger partial charge on any atom is 0 e. The molecule has 0 atom stereocenters. The van der Waals surface area contributed by atoms with Gasteiger partial charge in [0.05, 0.1) is 5.58 Å². The Morgan fingerprint density at radius 3 is 2.20 bits per heavy atom. The molecule has 0 fully saturated rings. The molecular formula is C40H34GeIrN2O2-2. The maximum absolute atomic E-state index is 8.36. The SMILES string of the molecule is [2H]C(C)(C)c1ccnc(-c2[c-]ccc3c2oc2ccc4oc5ccccc5c4c23)c1.[CH3][Ge]([CH3])([CH3])[c]1ccc(-c2[c-]cccc2)nc1.[Ir]. The minimum atomic E-state index is -1.72. The van der Waals surface area contributed by atoms with Crippen LogP contribution in [0.3, 0.4) is 0 Å². The van der Waals surface area contributed by atoms with E-state index in [4.69, 9.17) is 10.2 Å². The zero-order valence-electron chi connectivity index (χ0n) is 27.4. The molecule has 1 radical (unpaired) electrons. The predicted molar refractivity (Wildman–Crippen MR) is 189 cm³/mol. The number of furan rings is 2. The Bertz CT molecular complexity index is 2330. The largest absolute Gasteiger partial charge is 0 e. The number of hydrogen-bond acceptors (Lipinski definition) is 4. The Morgan fingerprint density at radius 2 is 1.48 bits per heavy atom. The standard InChI is InChI=1S/C26H18NO2.C14H16GeN.Ir/c1-15(2)16-12-13-27-20(14-16)17-7-5-8-19-25-23(29-26(17)19)11-10-22-24(25)18-6-3-4-9-21(18)28-22;1-15(2,3)13-9-10-14(16-11-13)12-7-5-4-6-8-12;/h3-6,8-15H,1-2H3;4-7,9-11H,1-3H3;/q2*-1;/i15D;;. The normalized spacial score (nSPS) is 12.2. The van der Waals surface area contributed by atoms with Crippen LogP contribution in [0.1, 0.15) is 26.7 Å². The van der Waals surface area contributed by atoms with Crippen molar-refractivity contribution in [3.63, 3.8) is 0 Å². The fraction of sp³-hybridized carbons (Fsp3) is 0.150. The van der Waals surface area contributed by atoms with Crippen LogP contribution < -0.4 is 4.40 Å². The Labute approximate surface area is 287 Å². The van der Waals surface area contributed by atoms with Gasteiger partial charge in [-0.3, -0.25) is 0 Å². The van der Waals surface area contributed by atoms with Crippen molar-refractivity contribution in [2.45, 2.75) is 37.0 Å². The fourth-order valence-corrected chi connectivity index (χ4v) is 7.84. The average Bonchev–Trinajstić information content (AvgIpc) is 3.63. The van der Waals surface area contributed by atoms with Crippen molar-refractivity contribution in [1.82, 2.24) is 9.97 Å². The molecule has 8 aromatic rings. The number of nitrogens with zero attached hydrogens (tertiary/aromatic N) is 2. The third-order valence-electron chi connectivity index (χ3n) is 8.14. The monoisotopic (exact) mass is 842 g/mol. The molecule has 4 heterocycles. The number of fused-ring (bicyclic) bond motifs is 7. The molecule has 0 unspecified atom stereocenters. The predicted octanol–water partition coefficient (Wildman–Crippen LogP) is 10.6. The number of hydrogen-bond donors (Lipinski definition) is 0. The molecule has 4 aromatic heterocycles. The van der Waals surface area contributed by atoms with Gasteiger partial charge in [0.25, 0.3) is 0 Å². The molecule has 0 bridgehead atoms. The van der Waals surface area contributed by atoms with Crippen LogP contribution in [-0.4, -0.2) is 23.2 Å². The van der Waals surface area contributed by atoms with Crippen LogP contribution in [0.15, 0.2) is 118 Å². The van der Waals surface area contributed by atoms with Crippen molar-refractivity contribution in [2.75, 3.05) is 0 Å². The van der Waals surface area contributed by atoms with Crippen molar-refractivity contribution < 1.29 is 30.3 Å². The topological polar surface area (TPSA) is 52.1 Å². The van der Waals surface area contributed by atoms with Gasteiger partial charge >= 0.3 is 99.8 Å². The maximum Gasteiger partial charge on any atom is 0 e. The number of benzene rings is 4. The second-order valence-corrected chi connectivity index (χ2v) is 23.1. The summed E-state index contributed by atoms with van der Waals surface area (Å²) >= 11 is -1.72. The third-order valence-corrected chi connectivity index (χ3v) is 12.4. The number of rotatable bonds is 4. The van der Waals surface area contributed by atoms with Crippen LogP contribution in [0, 0.1) is 12.1 Å². The van der Waals surface area contributed by atoms with Gasteiger partial charge in [-0.25, -0.2) is 0 Å². The van der Waals surface area contributed by atoms with Gasteiger partial charge in [-0.15, -0.1) is 18.2 Å².